The summed E-state index contributed by atoms with van der Waals surface area (Å²) in [6.07, 6.45) is 7.20. The van der Waals surface area contributed by atoms with Crippen LogP contribution in [0.25, 0.3) is 22.3 Å². The van der Waals surface area contributed by atoms with E-state index in [1.54, 1.807) is 24.6 Å². The molecule has 0 aliphatic carbocycles. The van der Waals surface area contributed by atoms with Gasteiger partial charge >= 0.3 is 0 Å². The summed E-state index contributed by atoms with van der Waals surface area (Å²) in [4.78, 5) is 21.9. The Kier molecular flexibility index (Phi) is 7.44. The number of hydrogen-bond acceptors (Lipinski definition) is 5. The predicted octanol–water partition coefficient (Wildman–Crippen LogP) is 8.36. The summed E-state index contributed by atoms with van der Waals surface area (Å²) >= 11 is 7.68. The van der Waals surface area contributed by atoms with Crippen molar-refractivity contribution in [3.63, 3.8) is 0 Å². The van der Waals surface area contributed by atoms with E-state index >= 15 is 8.78 Å². The fraction of sp³-hybridized carbons (Fsp3) is 0.226. The number of carbonyl (C=O) groups excluding carboxylic acids is 1. The number of aldehydes is 1. The molecule has 0 saturated heterocycles. The van der Waals surface area contributed by atoms with E-state index in [0.717, 1.165) is 17.4 Å². The number of fused-ring (bicyclic) bond motifs is 2. The molecule has 3 heterocycles. The lowest BCUT2D eigenvalue weighted by atomic mass is 9.74. The zero-order chi connectivity index (χ0) is 29.6. The van der Waals surface area contributed by atoms with Gasteiger partial charge in [-0.25, -0.2) is 13.8 Å². The summed E-state index contributed by atoms with van der Waals surface area (Å²) in [6.45, 7) is 2.45. The van der Waals surface area contributed by atoms with Crippen molar-refractivity contribution in [2.24, 2.45) is 0 Å². The maximum atomic E-state index is 15.1. The van der Waals surface area contributed by atoms with Crippen LogP contribution >= 0.6 is 23.4 Å². The molecule has 6 nitrogen and oxygen atoms in total. The molecule has 0 spiro atoms. The third-order valence-electron chi connectivity index (χ3n) is 7.70. The lowest BCUT2D eigenvalue weighted by Gasteiger charge is -2.36. The second kappa shape index (κ2) is 11.1. The summed E-state index contributed by atoms with van der Waals surface area (Å²) in [6, 6.07) is 9.23. The van der Waals surface area contributed by atoms with Crippen LogP contribution in [-0.4, -0.2) is 34.1 Å². The number of nitrogens with one attached hydrogen (secondary N) is 2. The molecule has 5 aromatic rings. The molecule has 2 N–H and O–H groups in total. The average molecular weight is 612 g/mol. The van der Waals surface area contributed by atoms with Crippen LogP contribution in [0.4, 0.5) is 13.2 Å². The number of thioether (sulfide) groups is 1. The van der Waals surface area contributed by atoms with Crippen molar-refractivity contribution in [3.05, 3.63) is 88.1 Å². The Labute approximate surface area is 248 Å². The fourth-order valence-electron chi connectivity index (χ4n) is 5.47. The molecule has 0 radical (unpaired) electrons. The maximum Gasteiger partial charge on any atom is 0.204 e. The number of hydrogen-bond donors (Lipinski definition) is 2. The highest BCUT2D eigenvalue weighted by Gasteiger charge is 2.38. The Bertz CT molecular complexity index is 1840. The number of imidazole rings is 1. The minimum absolute atomic E-state index is 0.0486. The topological polar surface area (TPSA) is 80.0 Å². The van der Waals surface area contributed by atoms with Crippen molar-refractivity contribution < 1.29 is 27.4 Å². The minimum atomic E-state index is -1.14. The van der Waals surface area contributed by atoms with Crippen LogP contribution in [0.5, 0.6) is 17.2 Å². The number of halogens is 4. The number of carbonyl (C=O) groups is 1. The van der Waals surface area contributed by atoms with Gasteiger partial charge in [-0.3, -0.25) is 0 Å². The highest BCUT2D eigenvalue weighted by molar-refractivity contribution is 7.99. The van der Waals surface area contributed by atoms with E-state index in [-0.39, 0.29) is 28.4 Å². The van der Waals surface area contributed by atoms with Crippen molar-refractivity contribution in [1.29, 1.82) is 0 Å². The molecule has 3 aromatic carbocycles. The van der Waals surface area contributed by atoms with Gasteiger partial charge in [-0.15, -0.1) is 11.8 Å². The third kappa shape index (κ3) is 4.72. The van der Waals surface area contributed by atoms with Crippen molar-refractivity contribution in [2.45, 2.75) is 36.5 Å². The van der Waals surface area contributed by atoms with E-state index in [1.807, 2.05) is 13.0 Å². The van der Waals surface area contributed by atoms with Gasteiger partial charge in [0.25, 0.3) is 0 Å². The number of benzene rings is 3. The highest BCUT2D eigenvalue weighted by atomic mass is 35.5. The summed E-state index contributed by atoms with van der Waals surface area (Å²) < 4.78 is 56.8. The summed E-state index contributed by atoms with van der Waals surface area (Å²) in [7, 11) is 0. The summed E-state index contributed by atoms with van der Waals surface area (Å²) in [5.41, 5.74) is 1.96. The van der Waals surface area contributed by atoms with Crippen LogP contribution in [0.2, 0.25) is 5.02 Å². The molecule has 1 atom stereocenters. The monoisotopic (exact) mass is 611 g/mol. The highest BCUT2D eigenvalue weighted by Crippen LogP contribution is 2.47. The normalized spacial score (nSPS) is 16.3. The standard InChI is InChI=1S/C31H25ClF3N3O3S/c1-31(8-11-40-27-16(4-3-10-39)12-17(32)13-21(27)31)23-15-37-30(38-23)20-14-18(5-6-22(20)33)41-28-25(35)24(34)26-19(7-9-36-26)29(28)42-2/h5-7,9-10,12-15,36H,3-4,8,11H2,1-2H3,(H,37,38)/t31-/m0/s1. The largest absolute Gasteiger partial charge is 0.493 e. The molecule has 2 aromatic heterocycles. The van der Waals surface area contributed by atoms with Crippen molar-refractivity contribution >= 4 is 40.6 Å². The molecule has 6 rings (SSSR count). The van der Waals surface area contributed by atoms with E-state index in [9.17, 15) is 9.18 Å². The van der Waals surface area contributed by atoms with E-state index in [4.69, 9.17) is 21.1 Å². The van der Waals surface area contributed by atoms with Crippen LogP contribution < -0.4 is 9.47 Å². The number of ether oxygens (including phenoxy) is 2. The molecule has 11 heteroatoms. The van der Waals surface area contributed by atoms with Crippen LogP contribution in [0, 0.1) is 17.5 Å². The molecule has 0 fully saturated rings. The smallest absolute Gasteiger partial charge is 0.204 e. The summed E-state index contributed by atoms with van der Waals surface area (Å²) in [5.74, 6) is -2.01. The van der Waals surface area contributed by atoms with Crippen LogP contribution in [-0.2, 0) is 16.6 Å². The molecule has 0 bridgehead atoms. The minimum Gasteiger partial charge on any atom is -0.493 e. The molecule has 42 heavy (non-hydrogen) atoms. The van der Waals surface area contributed by atoms with Gasteiger partial charge in [-0.05, 0) is 68.0 Å². The van der Waals surface area contributed by atoms with Gasteiger partial charge in [0.15, 0.2) is 11.6 Å². The number of aromatic amines is 2. The second-order valence-electron chi connectivity index (χ2n) is 10.2. The average Bonchev–Trinajstić information content (AvgIpc) is 3.67. The Morgan fingerprint density at radius 1 is 1.19 bits per heavy atom. The lowest BCUT2D eigenvalue weighted by Crippen LogP contribution is -2.32. The van der Waals surface area contributed by atoms with E-state index in [0.29, 0.717) is 52.6 Å². The number of nitrogens with zero attached hydrogens (tertiary/aromatic N) is 1. The van der Waals surface area contributed by atoms with Gasteiger partial charge in [-0.1, -0.05) is 11.6 Å². The Balaban J connectivity index is 1.37. The second-order valence-corrected chi connectivity index (χ2v) is 11.5. The molecule has 0 amide bonds. The molecule has 0 saturated carbocycles. The zero-order valence-corrected chi connectivity index (χ0v) is 24.2. The number of rotatable bonds is 8. The van der Waals surface area contributed by atoms with Gasteiger partial charge in [0, 0.05) is 45.9 Å². The van der Waals surface area contributed by atoms with E-state index in [2.05, 4.69) is 15.0 Å². The summed E-state index contributed by atoms with van der Waals surface area (Å²) in [5, 5.41) is 1.00. The molecule has 1 aliphatic rings. The Morgan fingerprint density at radius 2 is 2.02 bits per heavy atom. The van der Waals surface area contributed by atoms with Gasteiger partial charge in [0.2, 0.25) is 5.82 Å². The van der Waals surface area contributed by atoms with Crippen molar-refractivity contribution in [1.82, 2.24) is 15.0 Å². The van der Waals surface area contributed by atoms with Crippen LogP contribution in [0.1, 0.15) is 36.6 Å². The Morgan fingerprint density at radius 3 is 2.81 bits per heavy atom. The molecule has 216 valence electrons. The SMILES string of the molecule is CSc1c(Oc2ccc(F)c(-c3ncc([C@@]4(C)CCOc5c(CCC=O)cc(Cl)cc54)[nH]3)c2)c(F)c(F)c2[nH]ccc12. The molecule has 1 aliphatic heterocycles. The fourth-order valence-corrected chi connectivity index (χ4v) is 6.42. The number of aromatic nitrogens is 3. The van der Waals surface area contributed by atoms with Gasteiger partial charge in [0.1, 0.15) is 29.4 Å². The molecular weight excluding hydrogens is 587 g/mol. The van der Waals surface area contributed by atoms with Gasteiger partial charge in [-0.2, -0.15) is 4.39 Å². The van der Waals surface area contributed by atoms with Gasteiger partial charge in [0.05, 0.1) is 22.6 Å². The zero-order valence-electron chi connectivity index (χ0n) is 22.6. The third-order valence-corrected chi connectivity index (χ3v) is 8.73. The predicted molar refractivity (Wildman–Crippen MR) is 156 cm³/mol. The first-order valence-electron chi connectivity index (χ1n) is 13.2. The maximum absolute atomic E-state index is 15.1. The quantitative estimate of drug-likeness (QED) is 0.136. The van der Waals surface area contributed by atoms with E-state index in [1.165, 1.54) is 36.2 Å². The first kappa shape index (κ1) is 28.2. The number of aryl methyl sites for hydroxylation is 1. The first-order valence-corrected chi connectivity index (χ1v) is 14.8. The van der Waals surface area contributed by atoms with Crippen LogP contribution in [0.3, 0.4) is 0 Å². The first-order chi connectivity index (χ1) is 20.2. The van der Waals surface area contributed by atoms with Gasteiger partial charge < -0.3 is 24.2 Å². The van der Waals surface area contributed by atoms with Crippen LogP contribution in [0.15, 0.2) is 53.7 Å². The molecule has 0 unspecified atom stereocenters. The molecular formula is C31H25ClF3N3O3S. The Hall–Kier alpha value is -3.89. The van der Waals surface area contributed by atoms with Crippen molar-refractivity contribution in [3.8, 4) is 28.6 Å². The lowest BCUT2D eigenvalue weighted by molar-refractivity contribution is -0.107. The van der Waals surface area contributed by atoms with E-state index < -0.39 is 22.9 Å². The van der Waals surface area contributed by atoms with Crippen molar-refractivity contribution in [2.75, 3.05) is 12.9 Å². The number of H-pyrrole nitrogens is 2.